The quantitative estimate of drug-likeness (QED) is 0.574. The third-order valence-corrected chi connectivity index (χ3v) is 2.20. The van der Waals surface area contributed by atoms with E-state index < -0.39 is 0 Å². The van der Waals surface area contributed by atoms with Crippen molar-refractivity contribution in [2.45, 2.75) is 53.4 Å². The van der Waals surface area contributed by atoms with Gasteiger partial charge >= 0.3 is 0 Å². The summed E-state index contributed by atoms with van der Waals surface area (Å²) in [5, 5.41) is 0. The number of carbonyl (C=O) groups excluding carboxylic acids is 1. The number of Topliss-reactive ketones (excluding diaryl/α,β-unsaturated/α-hetero) is 1. The lowest BCUT2D eigenvalue weighted by Gasteiger charge is -2.06. The summed E-state index contributed by atoms with van der Waals surface area (Å²) in [6, 6.07) is 0. The minimum absolute atomic E-state index is 0.242. The molecule has 0 bridgehead atoms. The molecule has 0 aliphatic heterocycles. The average Bonchev–Trinajstić information content (AvgIpc) is 2.01. The van der Waals surface area contributed by atoms with E-state index in [-0.39, 0.29) is 5.78 Å². The van der Waals surface area contributed by atoms with Crippen molar-refractivity contribution in [3.05, 3.63) is 11.1 Å². The predicted octanol–water partition coefficient (Wildman–Crippen LogP) is 3.49. The van der Waals surface area contributed by atoms with Gasteiger partial charge in [-0.05, 0) is 38.7 Å². The molecule has 0 fully saturated rings. The first-order valence-electron chi connectivity index (χ1n) is 4.83. The lowest BCUT2D eigenvalue weighted by Crippen LogP contribution is -1.98. The van der Waals surface area contributed by atoms with Gasteiger partial charge in [0.15, 0.2) is 5.78 Å². The first kappa shape index (κ1) is 11.4. The van der Waals surface area contributed by atoms with Gasteiger partial charge < -0.3 is 0 Å². The van der Waals surface area contributed by atoms with Crippen molar-refractivity contribution in [2.75, 3.05) is 0 Å². The molecular formula is C11H20O. The van der Waals surface area contributed by atoms with Gasteiger partial charge in [0.05, 0.1) is 0 Å². The van der Waals surface area contributed by atoms with E-state index in [1.165, 1.54) is 18.4 Å². The van der Waals surface area contributed by atoms with Gasteiger partial charge in [-0.15, -0.1) is 0 Å². The molecule has 0 unspecified atom stereocenters. The molecule has 0 spiro atoms. The second-order valence-electron chi connectivity index (χ2n) is 3.27. The normalized spacial score (nSPS) is 12.7. The van der Waals surface area contributed by atoms with Crippen molar-refractivity contribution < 1.29 is 4.79 Å². The second kappa shape index (κ2) is 5.99. The molecule has 0 aliphatic rings. The van der Waals surface area contributed by atoms with Crippen molar-refractivity contribution in [3.63, 3.8) is 0 Å². The van der Waals surface area contributed by atoms with Crippen molar-refractivity contribution in [1.82, 2.24) is 0 Å². The molecule has 0 atom stereocenters. The van der Waals surface area contributed by atoms with Gasteiger partial charge in [0.25, 0.3) is 0 Å². The highest BCUT2D eigenvalue weighted by atomic mass is 16.1. The Morgan fingerprint density at radius 2 is 1.75 bits per heavy atom. The van der Waals surface area contributed by atoms with Gasteiger partial charge in [-0.25, -0.2) is 0 Å². The highest BCUT2D eigenvalue weighted by Crippen LogP contribution is 2.15. The smallest absolute Gasteiger partial charge is 0.155 e. The number of hydrogen-bond acceptors (Lipinski definition) is 1. The molecule has 0 saturated carbocycles. The monoisotopic (exact) mass is 168 g/mol. The zero-order chi connectivity index (χ0) is 9.56. The molecule has 70 valence electrons. The molecule has 0 saturated heterocycles. The Labute approximate surface area is 75.9 Å². The highest BCUT2D eigenvalue weighted by molar-refractivity contribution is 5.93. The van der Waals surface area contributed by atoms with Crippen LogP contribution in [0.3, 0.4) is 0 Å². The predicted molar refractivity (Wildman–Crippen MR) is 53.2 cm³/mol. The Balaban J connectivity index is 4.27. The van der Waals surface area contributed by atoms with Crippen LogP contribution in [0.15, 0.2) is 11.1 Å². The van der Waals surface area contributed by atoms with Crippen LogP contribution in [0.1, 0.15) is 53.4 Å². The number of carbonyl (C=O) groups is 1. The Morgan fingerprint density at radius 3 is 2.08 bits per heavy atom. The van der Waals surface area contributed by atoms with Gasteiger partial charge in [0.1, 0.15) is 0 Å². The number of rotatable bonds is 5. The largest absolute Gasteiger partial charge is 0.295 e. The maximum absolute atomic E-state index is 11.1. The maximum atomic E-state index is 11.1. The summed E-state index contributed by atoms with van der Waals surface area (Å²) < 4.78 is 0. The molecule has 12 heavy (non-hydrogen) atoms. The third-order valence-electron chi connectivity index (χ3n) is 2.20. The Kier molecular flexibility index (Phi) is 5.69. The van der Waals surface area contributed by atoms with Crippen LogP contribution in [0.2, 0.25) is 0 Å². The van der Waals surface area contributed by atoms with Crippen LogP contribution < -0.4 is 0 Å². The first-order valence-corrected chi connectivity index (χ1v) is 4.83. The van der Waals surface area contributed by atoms with Crippen molar-refractivity contribution in [1.29, 1.82) is 0 Å². The molecular weight excluding hydrogens is 148 g/mol. The van der Waals surface area contributed by atoms with E-state index in [0.29, 0.717) is 0 Å². The second-order valence-corrected chi connectivity index (χ2v) is 3.27. The lowest BCUT2D eigenvalue weighted by molar-refractivity contribution is -0.113. The van der Waals surface area contributed by atoms with E-state index in [4.69, 9.17) is 0 Å². The topological polar surface area (TPSA) is 17.1 Å². The maximum Gasteiger partial charge on any atom is 0.155 e. The van der Waals surface area contributed by atoms with Gasteiger partial charge in [-0.2, -0.15) is 0 Å². The van der Waals surface area contributed by atoms with Crippen LogP contribution in [0.4, 0.5) is 0 Å². The Bertz CT molecular complexity index is 177. The zero-order valence-electron chi connectivity index (χ0n) is 8.74. The van der Waals surface area contributed by atoms with Crippen molar-refractivity contribution in [2.24, 2.45) is 0 Å². The molecule has 0 aromatic heterocycles. The SMILES string of the molecule is CCCCC(C)=C(CC)C(C)=O. The van der Waals surface area contributed by atoms with Crippen LogP contribution in [0.5, 0.6) is 0 Å². The Morgan fingerprint density at radius 1 is 1.17 bits per heavy atom. The van der Waals surface area contributed by atoms with E-state index in [9.17, 15) is 4.79 Å². The molecule has 0 N–H and O–H groups in total. The van der Waals surface area contributed by atoms with Gasteiger partial charge in [-0.1, -0.05) is 25.8 Å². The molecule has 0 aliphatic carbocycles. The summed E-state index contributed by atoms with van der Waals surface area (Å²) in [5.41, 5.74) is 2.32. The summed E-state index contributed by atoms with van der Waals surface area (Å²) in [6.45, 7) is 7.96. The third kappa shape index (κ3) is 3.70. The van der Waals surface area contributed by atoms with E-state index >= 15 is 0 Å². The summed E-state index contributed by atoms with van der Waals surface area (Å²) in [5.74, 6) is 0.242. The van der Waals surface area contributed by atoms with E-state index in [0.717, 1.165) is 18.4 Å². The van der Waals surface area contributed by atoms with Gasteiger partial charge in [0, 0.05) is 0 Å². The van der Waals surface area contributed by atoms with Gasteiger partial charge in [-0.3, -0.25) is 4.79 Å². The number of hydrogen-bond donors (Lipinski definition) is 0. The number of ketones is 1. The van der Waals surface area contributed by atoms with Crippen molar-refractivity contribution >= 4 is 5.78 Å². The number of allylic oxidation sites excluding steroid dienone is 2. The average molecular weight is 168 g/mol. The molecule has 0 aromatic carbocycles. The molecule has 0 aromatic rings. The minimum Gasteiger partial charge on any atom is -0.295 e. The standard InChI is InChI=1S/C11H20O/c1-5-7-8-9(3)11(6-2)10(4)12/h5-8H2,1-4H3. The molecule has 1 heteroatoms. The van der Waals surface area contributed by atoms with E-state index in [2.05, 4.69) is 13.8 Å². The summed E-state index contributed by atoms with van der Waals surface area (Å²) in [7, 11) is 0. The number of unbranched alkanes of at least 4 members (excludes halogenated alkanes) is 1. The fourth-order valence-corrected chi connectivity index (χ4v) is 1.44. The van der Waals surface area contributed by atoms with Crippen LogP contribution in [0, 0.1) is 0 Å². The van der Waals surface area contributed by atoms with Crippen LogP contribution in [-0.2, 0) is 4.79 Å². The fourth-order valence-electron chi connectivity index (χ4n) is 1.44. The fraction of sp³-hybridized carbons (Fsp3) is 0.727. The summed E-state index contributed by atoms with van der Waals surface area (Å²) in [6.07, 6.45) is 4.36. The van der Waals surface area contributed by atoms with Crippen molar-refractivity contribution in [3.8, 4) is 0 Å². The first-order chi connectivity index (χ1) is 5.63. The van der Waals surface area contributed by atoms with Gasteiger partial charge in [0.2, 0.25) is 0 Å². The van der Waals surface area contributed by atoms with Crippen LogP contribution in [-0.4, -0.2) is 5.78 Å². The lowest BCUT2D eigenvalue weighted by atomic mass is 9.99. The van der Waals surface area contributed by atoms with E-state index in [1.807, 2.05) is 6.92 Å². The van der Waals surface area contributed by atoms with Crippen LogP contribution in [0.25, 0.3) is 0 Å². The minimum atomic E-state index is 0.242. The molecule has 0 rings (SSSR count). The van der Waals surface area contributed by atoms with E-state index in [1.54, 1.807) is 6.92 Å². The zero-order valence-corrected chi connectivity index (χ0v) is 8.74. The molecule has 0 heterocycles. The van der Waals surface area contributed by atoms with Crippen LogP contribution >= 0.6 is 0 Å². The molecule has 0 radical (unpaired) electrons. The molecule has 1 nitrogen and oxygen atoms in total. The highest BCUT2D eigenvalue weighted by Gasteiger charge is 2.04. The summed E-state index contributed by atoms with van der Waals surface area (Å²) in [4.78, 5) is 11.1. The summed E-state index contributed by atoms with van der Waals surface area (Å²) >= 11 is 0. The molecule has 0 amide bonds. The Hall–Kier alpha value is -0.590.